The van der Waals surface area contributed by atoms with Crippen molar-refractivity contribution in [3.8, 4) is 0 Å². The molecule has 0 saturated carbocycles. The fraction of sp³-hybridized carbons (Fsp3) is 0.650. The number of halogens is 1. The lowest BCUT2D eigenvalue weighted by atomic mass is 9.73. The molecule has 1 fully saturated rings. The third-order valence-electron chi connectivity index (χ3n) is 6.01. The van der Waals surface area contributed by atoms with Crippen molar-refractivity contribution in [3.63, 3.8) is 0 Å². The zero-order chi connectivity index (χ0) is 18.0. The monoisotopic (exact) mass is 348 g/mol. The zero-order valence-electron chi connectivity index (χ0n) is 15.6. The number of likely N-dealkylation sites (tertiary alicyclic amines) is 1. The van der Waals surface area contributed by atoms with Gasteiger partial charge in [0.05, 0.1) is 6.61 Å². The number of fused-ring (bicyclic) bond motifs is 2. The third kappa shape index (κ3) is 3.72. The Bertz CT molecular complexity index is 624. The molecule has 25 heavy (non-hydrogen) atoms. The van der Waals surface area contributed by atoms with Gasteiger partial charge in [0.15, 0.2) is 0 Å². The summed E-state index contributed by atoms with van der Waals surface area (Å²) in [4.78, 5) is 16.3. The van der Waals surface area contributed by atoms with Crippen molar-refractivity contribution in [3.05, 3.63) is 35.1 Å². The van der Waals surface area contributed by atoms with Crippen molar-refractivity contribution in [1.29, 1.82) is 0 Å². The van der Waals surface area contributed by atoms with E-state index in [1.807, 2.05) is 6.07 Å². The van der Waals surface area contributed by atoms with Crippen molar-refractivity contribution in [2.45, 2.75) is 37.0 Å². The number of ether oxygens (including phenoxy) is 1. The van der Waals surface area contributed by atoms with E-state index in [1.165, 1.54) is 5.56 Å². The van der Waals surface area contributed by atoms with Gasteiger partial charge in [0, 0.05) is 34.2 Å². The standard InChI is InChI=1S/C20H29FN2O2/c1-22(2)19(24)12-15-14-20(18-13-16(21)4-5-17(15)18)6-8-23(9-7-20)10-11-25-3/h4-5,13,15H,6-12,14H2,1-3H3. The average Bonchev–Trinajstić information content (AvgIpc) is 2.87. The van der Waals surface area contributed by atoms with E-state index in [0.717, 1.165) is 51.1 Å². The average molecular weight is 348 g/mol. The predicted molar refractivity (Wildman–Crippen MR) is 96.3 cm³/mol. The van der Waals surface area contributed by atoms with Gasteiger partial charge < -0.3 is 14.5 Å². The van der Waals surface area contributed by atoms with Crippen molar-refractivity contribution in [2.24, 2.45) is 0 Å². The van der Waals surface area contributed by atoms with E-state index in [9.17, 15) is 9.18 Å². The van der Waals surface area contributed by atoms with Crippen LogP contribution < -0.4 is 0 Å². The Kier molecular flexibility index (Phi) is 5.44. The Morgan fingerprint density at radius 2 is 2.08 bits per heavy atom. The van der Waals surface area contributed by atoms with Crippen LogP contribution in [0.15, 0.2) is 18.2 Å². The number of carbonyl (C=O) groups excluding carboxylic acids is 1. The Labute approximate surface area is 149 Å². The number of hydrogen-bond donors (Lipinski definition) is 0. The summed E-state index contributed by atoms with van der Waals surface area (Å²) in [6, 6.07) is 5.17. The van der Waals surface area contributed by atoms with Gasteiger partial charge in [-0.25, -0.2) is 4.39 Å². The first-order valence-electron chi connectivity index (χ1n) is 9.16. The predicted octanol–water partition coefficient (Wildman–Crippen LogP) is 2.77. The van der Waals surface area contributed by atoms with Crippen LogP contribution in [0.5, 0.6) is 0 Å². The highest BCUT2D eigenvalue weighted by Gasteiger charge is 2.45. The smallest absolute Gasteiger partial charge is 0.222 e. The number of hydrogen-bond acceptors (Lipinski definition) is 3. The van der Waals surface area contributed by atoms with Gasteiger partial charge in [-0.2, -0.15) is 0 Å². The van der Waals surface area contributed by atoms with E-state index < -0.39 is 0 Å². The largest absolute Gasteiger partial charge is 0.383 e. The molecule has 0 radical (unpaired) electrons. The van der Waals surface area contributed by atoms with Gasteiger partial charge in [-0.05, 0) is 66.9 Å². The van der Waals surface area contributed by atoms with Crippen LogP contribution in [0, 0.1) is 5.82 Å². The van der Waals surface area contributed by atoms with E-state index in [1.54, 1.807) is 38.2 Å². The Morgan fingerprint density at radius 1 is 1.36 bits per heavy atom. The van der Waals surface area contributed by atoms with E-state index >= 15 is 0 Å². The maximum absolute atomic E-state index is 14.0. The molecule has 138 valence electrons. The third-order valence-corrected chi connectivity index (χ3v) is 6.01. The summed E-state index contributed by atoms with van der Waals surface area (Å²) in [5.74, 6) is 0.186. The highest BCUT2D eigenvalue weighted by atomic mass is 19.1. The maximum atomic E-state index is 14.0. The molecule has 0 bridgehead atoms. The molecule has 1 aliphatic heterocycles. The van der Waals surface area contributed by atoms with Crippen molar-refractivity contribution in [1.82, 2.24) is 9.80 Å². The molecule has 1 spiro atoms. The molecule has 1 atom stereocenters. The van der Waals surface area contributed by atoms with Crippen LogP contribution in [0.4, 0.5) is 4.39 Å². The van der Waals surface area contributed by atoms with Gasteiger partial charge in [-0.1, -0.05) is 6.07 Å². The molecule has 1 unspecified atom stereocenters. The fourth-order valence-electron chi connectivity index (χ4n) is 4.51. The number of rotatable bonds is 5. The molecular weight excluding hydrogens is 319 g/mol. The second kappa shape index (κ2) is 7.42. The summed E-state index contributed by atoms with van der Waals surface area (Å²) in [6.07, 6.45) is 3.53. The van der Waals surface area contributed by atoms with Crippen molar-refractivity contribution < 1.29 is 13.9 Å². The van der Waals surface area contributed by atoms with Crippen LogP contribution in [-0.4, -0.2) is 63.2 Å². The summed E-state index contributed by atoms with van der Waals surface area (Å²) < 4.78 is 19.1. The van der Waals surface area contributed by atoms with E-state index in [0.29, 0.717) is 6.42 Å². The summed E-state index contributed by atoms with van der Waals surface area (Å²) in [7, 11) is 5.33. The number of amides is 1. The molecule has 0 N–H and O–H groups in total. The minimum Gasteiger partial charge on any atom is -0.383 e. The molecule has 0 aromatic heterocycles. The first-order chi connectivity index (χ1) is 11.9. The quantitative estimate of drug-likeness (QED) is 0.820. The Balaban J connectivity index is 1.80. The number of benzene rings is 1. The van der Waals surface area contributed by atoms with Gasteiger partial charge in [0.2, 0.25) is 5.91 Å². The number of piperidine rings is 1. The maximum Gasteiger partial charge on any atom is 0.222 e. The van der Waals surface area contributed by atoms with Gasteiger partial charge in [-0.15, -0.1) is 0 Å². The Hall–Kier alpha value is -1.46. The fourth-order valence-corrected chi connectivity index (χ4v) is 4.51. The molecule has 5 heteroatoms. The first kappa shape index (κ1) is 18.3. The van der Waals surface area contributed by atoms with Crippen LogP contribution in [0.3, 0.4) is 0 Å². The van der Waals surface area contributed by atoms with Gasteiger partial charge in [0.1, 0.15) is 5.82 Å². The molecule has 4 nitrogen and oxygen atoms in total. The summed E-state index contributed by atoms with van der Waals surface area (Å²) in [5, 5.41) is 0. The molecule has 1 aliphatic carbocycles. The minimum atomic E-state index is -0.167. The van der Waals surface area contributed by atoms with E-state index in [4.69, 9.17) is 4.74 Å². The van der Waals surface area contributed by atoms with E-state index in [2.05, 4.69) is 4.90 Å². The molecule has 3 rings (SSSR count). The second-order valence-corrected chi connectivity index (χ2v) is 7.74. The molecular formula is C20H29FN2O2. The first-order valence-corrected chi connectivity index (χ1v) is 9.16. The van der Waals surface area contributed by atoms with E-state index in [-0.39, 0.29) is 23.1 Å². The van der Waals surface area contributed by atoms with Crippen LogP contribution >= 0.6 is 0 Å². The summed E-state index contributed by atoms with van der Waals surface area (Å²) in [6.45, 7) is 3.71. The van der Waals surface area contributed by atoms with Crippen LogP contribution in [0.1, 0.15) is 42.7 Å². The highest BCUT2D eigenvalue weighted by Crippen LogP contribution is 2.52. The lowest BCUT2D eigenvalue weighted by molar-refractivity contribution is -0.129. The van der Waals surface area contributed by atoms with Crippen LogP contribution in [-0.2, 0) is 14.9 Å². The zero-order valence-corrected chi connectivity index (χ0v) is 15.6. The van der Waals surface area contributed by atoms with Crippen LogP contribution in [0.2, 0.25) is 0 Å². The minimum absolute atomic E-state index is 0.0261. The van der Waals surface area contributed by atoms with Gasteiger partial charge in [0.25, 0.3) is 0 Å². The number of nitrogens with zero attached hydrogens (tertiary/aromatic N) is 2. The van der Waals surface area contributed by atoms with Crippen LogP contribution in [0.25, 0.3) is 0 Å². The SMILES string of the molecule is COCCN1CCC2(CC1)CC(CC(=O)N(C)C)c1ccc(F)cc12. The molecule has 1 amide bonds. The molecule has 1 heterocycles. The number of methoxy groups -OCH3 is 1. The highest BCUT2D eigenvalue weighted by molar-refractivity contribution is 5.77. The Morgan fingerprint density at radius 3 is 2.72 bits per heavy atom. The van der Waals surface area contributed by atoms with Gasteiger partial charge >= 0.3 is 0 Å². The number of carbonyl (C=O) groups is 1. The lowest BCUT2D eigenvalue weighted by Crippen LogP contribution is -2.42. The molecule has 2 aliphatic rings. The molecule has 1 aromatic carbocycles. The summed E-state index contributed by atoms with van der Waals surface area (Å²) >= 11 is 0. The molecule has 1 aromatic rings. The van der Waals surface area contributed by atoms with Crippen molar-refractivity contribution in [2.75, 3.05) is 47.4 Å². The lowest BCUT2D eigenvalue weighted by Gasteiger charge is -2.40. The van der Waals surface area contributed by atoms with Crippen molar-refractivity contribution >= 4 is 5.91 Å². The normalized spacial score (nSPS) is 22.2. The topological polar surface area (TPSA) is 32.8 Å². The molecule has 1 saturated heterocycles. The van der Waals surface area contributed by atoms with Gasteiger partial charge in [-0.3, -0.25) is 4.79 Å². The summed E-state index contributed by atoms with van der Waals surface area (Å²) in [5.41, 5.74) is 2.36. The second-order valence-electron chi connectivity index (χ2n) is 7.74.